The quantitative estimate of drug-likeness (QED) is 0.256. The Balaban J connectivity index is 2.49. The van der Waals surface area contributed by atoms with Gasteiger partial charge in [-0.3, -0.25) is 0 Å². The molecule has 2 aromatic carbocycles. The maximum Gasteiger partial charge on any atom is 0.126 e. The number of aliphatic hydroxyl groups excluding tert-OH is 1. The molecule has 9 nitrogen and oxygen atoms in total. The van der Waals surface area contributed by atoms with Gasteiger partial charge in [-0.15, -0.1) is 0 Å². The van der Waals surface area contributed by atoms with Gasteiger partial charge in [0.15, 0.2) is 0 Å². The predicted octanol–water partition coefficient (Wildman–Crippen LogP) is 5.29. The van der Waals surface area contributed by atoms with E-state index in [4.69, 9.17) is 28.4 Å². The minimum absolute atomic E-state index is 0.121. The Hall–Kier alpha value is -2.92. The number of methoxy groups -OCH3 is 6. The van der Waals surface area contributed by atoms with Crippen molar-refractivity contribution in [1.29, 1.82) is 0 Å². The van der Waals surface area contributed by atoms with Gasteiger partial charge in [0.25, 0.3) is 0 Å². The van der Waals surface area contributed by atoms with Crippen LogP contribution in [-0.4, -0.2) is 71.2 Å². The van der Waals surface area contributed by atoms with Gasteiger partial charge in [-0.2, -0.15) is 0 Å². The minimum atomic E-state index is -0.831. The summed E-state index contributed by atoms with van der Waals surface area (Å²) in [5.41, 5.74) is 5.08. The highest BCUT2D eigenvalue weighted by Crippen LogP contribution is 2.50. The average Bonchev–Trinajstić information content (AvgIpc) is 2.96. The number of phenols is 2. The second kappa shape index (κ2) is 15.0. The Kier molecular flexibility index (Phi) is 12.0. The van der Waals surface area contributed by atoms with Crippen molar-refractivity contribution in [1.82, 2.24) is 0 Å². The second-order valence-corrected chi connectivity index (χ2v) is 10.9. The topological polar surface area (TPSA) is 116 Å². The molecular weight excluding hydrogens is 540 g/mol. The maximum absolute atomic E-state index is 11.3. The maximum atomic E-state index is 11.3. The van der Waals surface area contributed by atoms with Gasteiger partial charge in [-0.05, 0) is 48.2 Å². The lowest BCUT2D eigenvalue weighted by atomic mass is 9.62. The number of hydrogen-bond acceptors (Lipinski definition) is 9. The van der Waals surface area contributed by atoms with Gasteiger partial charge in [0.05, 0.1) is 39.6 Å². The molecule has 1 unspecified atom stereocenters. The summed E-state index contributed by atoms with van der Waals surface area (Å²) in [5, 5.41) is 33.4. The fourth-order valence-corrected chi connectivity index (χ4v) is 6.02. The Morgan fingerprint density at radius 3 is 1.33 bits per heavy atom. The first-order valence-corrected chi connectivity index (χ1v) is 13.9. The van der Waals surface area contributed by atoms with Gasteiger partial charge in [0.2, 0.25) is 0 Å². The molecule has 0 radical (unpaired) electrons. The van der Waals surface area contributed by atoms with Crippen molar-refractivity contribution in [3.8, 4) is 11.5 Å². The smallest absolute Gasteiger partial charge is 0.126 e. The zero-order valence-electron chi connectivity index (χ0n) is 26.1. The standard InChI is InChI=1S/C33H46O9/c1-20-28(19-42-8)32(36)25(18-41-7)13-29(20)33(2,26-9-21(14-37-3)30(34)22(10-26)15-38-4)27-11-23(16-39-5)31(35)24(12-27)17-40-6/h9-13,20,28,34-36H,14-19H2,1-8H3/t20-,28?/m1/s1. The number of aromatic hydroxyl groups is 2. The molecule has 0 saturated heterocycles. The highest BCUT2D eigenvalue weighted by molar-refractivity contribution is 5.59. The van der Waals surface area contributed by atoms with Crippen LogP contribution in [0.15, 0.2) is 47.2 Å². The van der Waals surface area contributed by atoms with Gasteiger partial charge >= 0.3 is 0 Å². The van der Waals surface area contributed by atoms with E-state index in [1.165, 1.54) is 0 Å². The largest absolute Gasteiger partial charge is 0.512 e. The lowest BCUT2D eigenvalue weighted by Crippen LogP contribution is -2.37. The number of phenolic OH excluding ortho intramolecular Hbond substituents is 2. The van der Waals surface area contributed by atoms with Crippen LogP contribution in [0.4, 0.5) is 0 Å². The first kappa shape index (κ1) is 33.6. The van der Waals surface area contributed by atoms with Gasteiger partial charge in [0.1, 0.15) is 17.3 Å². The molecule has 0 aliphatic heterocycles. The molecular formula is C33H46O9. The number of benzene rings is 2. The fourth-order valence-electron chi connectivity index (χ4n) is 6.02. The summed E-state index contributed by atoms with van der Waals surface area (Å²) in [6.45, 7) is 5.51. The molecule has 42 heavy (non-hydrogen) atoms. The molecule has 3 rings (SSSR count). The first-order chi connectivity index (χ1) is 20.1. The van der Waals surface area contributed by atoms with Crippen LogP contribution in [0.2, 0.25) is 0 Å². The Labute approximate surface area is 249 Å². The van der Waals surface area contributed by atoms with Gasteiger partial charge in [-0.25, -0.2) is 0 Å². The minimum Gasteiger partial charge on any atom is -0.512 e. The molecule has 1 aliphatic carbocycles. The van der Waals surface area contributed by atoms with Crippen molar-refractivity contribution >= 4 is 0 Å². The Morgan fingerprint density at radius 1 is 0.619 bits per heavy atom. The molecule has 2 atom stereocenters. The van der Waals surface area contributed by atoms with E-state index >= 15 is 0 Å². The van der Waals surface area contributed by atoms with Crippen LogP contribution in [0, 0.1) is 11.8 Å². The Bertz CT molecular complexity index is 1160. The number of allylic oxidation sites excluding steroid dienone is 1. The van der Waals surface area contributed by atoms with Crippen LogP contribution >= 0.6 is 0 Å². The van der Waals surface area contributed by atoms with Crippen LogP contribution in [0.5, 0.6) is 11.5 Å². The third-order valence-electron chi connectivity index (χ3n) is 8.22. The van der Waals surface area contributed by atoms with Crippen LogP contribution in [0.25, 0.3) is 0 Å². The predicted molar refractivity (Wildman–Crippen MR) is 160 cm³/mol. The molecule has 0 fully saturated rings. The summed E-state index contributed by atoms with van der Waals surface area (Å²) >= 11 is 0. The van der Waals surface area contributed by atoms with E-state index in [1.54, 1.807) is 42.7 Å². The highest BCUT2D eigenvalue weighted by Gasteiger charge is 2.43. The van der Waals surface area contributed by atoms with Gasteiger partial charge in [-0.1, -0.05) is 18.6 Å². The van der Waals surface area contributed by atoms with Crippen molar-refractivity contribution in [3.63, 3.8) is 0 Å². The van der Waals surface area contributed by atoms with Crippen molar-refractivity contribution in [3.05, 3.63) is 80.6 Å². The highest BCUT2D eigenvalue weighted by atomic mass is 16.5. The average molecular weight is 587 g/mol. The van der Waals surface area contributed by atoms with E-state index in [-0.39, 0.29) is 62.1 Å². The number of rotatable bonds is 15. The Morgan fingerprint density at radius 2 is 1.00 bits per heavy atom. The van der Waals surface area contributed by atoms with Crippen molar-refractivity contribution in [2.75, 3.05) is 55.9 Å². The third kappa shape index (κ3) is 6.67. The van der Waals surface area contributed by atoms with Crippen molar-refractivity contribution in [2.45, 2.75) is 45.7 Å². The molecule has 0 bridgehead atoms. The van der Waals surface area contributed by atoms with E-state index in [9.17, 15) is 15.3 Å². The molecule has 2 aromatic rings. The van der Waals surface area contributed by atoms with E-state index in [0.29, 0.717) is 34.4 Å². The van der Waals surface area contributed by atoms with Gasteiger partial charge < -0.3 is 43.7 Å². The molecule has 9 heteroatoms. The van der Waals surface area contributed by atoms with Crippen LogP contribution in [0.1, 0.15) is 47.2 Å². The lowest BCUT2D eigenvalue weighted by Gasteiger charge is -2.42. The molecule has 0 saturated carbocycles. The number of hydrogen-bond donors (Lipinski definition) is 3. The molecule has 1 aliphatic rings. The summed E-state index contributed by atoms with van der Waals surface area (Å²) < 4.78 is 32.9. The number of aliphatic hydroxyl groups is 1. The summed E-state index contributed by atoms with van der Waals surface area (Å²) in [6, 6.07) is 7.79. The van der Waals surface area contributed by atoms with E-state index in [0.717, 1.165) is 16.7 Å². The van der Waals surface area contributed by atoms with Crippen LogP contribution in [-0.2, 0) is 60.3 Å². The number of ether oxygens (including phenoxy) is 6. The SMILES string of the molecule is COCC1=C(O)C(COC)[C@@H](C)C(C(C)(c2cc(COC)c(O)c(COC)c2)c2cc(COC)c(O)c(COC)c2)=C1. The molecule has 0 spiro atoms. The summed E-state index contributed by atoms with van der Waals surface area (Å²) in [4.78, 5) is 0. The van der Waals surface area contributed by atoms with Crippen molar-refractivity contribution in [2.24, 2.45) is 11.8 Å². The molecule has 232 valence electrons. The second-order valence-electron chi connectivity index (χ2n) is 10.9. The molecule has 0 amide bonds. The summed E-state index contributed by atoms with van der Waals surface area (Å²) in [6.07, 6.45) is 2.01. The van der Waals surface area contributed by atoms with Crippen LogP contribution in [0.3, 0.4) is 0 Å². The zero-order valence-corrected chi connectivity index (χ0v) is 26.1. The monoisotopic (exact) mass is 586 g/mol. The van der Waals surface area contributed by atoms with Crippen LogP contribution < -0.4 is 0 Å². The normalized spacial score (nSPS) is 17.6. The summed E-state index contributed by atoms with van der Waals surface area (Å²) in [7, 11) is 9.55. The van der Waals surface area contributed by atoms with E-state index in [2.05, 4.69) is 13.8 Å². The fraction of sp³-hybridized carbons (Fsp3) is 0.515. The first-order valence-electron chi connectivity index (χ1n) is 13.9. The third-order valence-corrected chi connectivity index (χ3v) is 8.22. The molecule has 0 aromatic heterocycles. The van der Waals surface area contributed by atoms with Gasteiger partial charge in [0, 0.05) is 81.8 Å². The van der Waals surface area contributed by atoms with E-state index < -0.39 is 5.41 Å². The van der Waals surface area contributed by atoms with Crippen molar-refractivity contribution < 1.29 is 43.7 Å². The van der Waals surface area contributed by atoms with E-state index in [1.807, 2.05) is 30.3 Å². The lowest BCUT2D eigenvalue weighted by molar-refractivity contribution is 0.115. The molecule has 3 N–H and O–H groups in total. The zero-order chi connectivity index (χ0) is 31.0. The molecule has 0 heterocycles. The summed E-state index contributed by atoms with van der Waals surface area (Å²) in [5.74, 6) is 0.00976.